The van der Waals surface area contributed by atoms with Gasteiger partial charge in [0, 0.05) is 7.05 Å². The van der Waals surface area contributed by atoms with Gasteiger partial charge in [-0.3, -0.25) is 0 Å². The smallest absolute Gasteiger partial charge is 0.0955 e. The number of allylic oxidation sites excluding steroid dienone is 1. The van der Waals surface area contributed by atoms with Gasteiger partial charge in [-0.15, -0.1) is 6.58 Å². The van der Waals surface area contributed by atoms with Crippen molar-refractivity contribution in [2.24, 2.45) is 7.05 Å². The Bertz CT molecular complexity index is 440. The fourth-order valence-electron chi connectivity index (χ4n) is 1.47. The summed E-state index contributed by atoms with van der Waals surface area (Å²) in [6.07, 6.45) is 4.67. The number of aryl methyl sites for hydroxylation is 1. The van der Waals surface area contributed by atoms with E-state index in [1.54, 1.807) is 0 Å². The number of hydrogen-bond donors (Lipinski definition) is 0. The average Bonchev–Trinajstić information content (AvgIpc) is 2.49. The number of benzene rings is 1. The Morgan fingerprint density at radius 1 is 1.54 bits per heavy atom. The molecule has 0 amide bonds. The van der Waals surface area contributed by atoms with Crippen molar-refractivity contribution in [2.45, 2.75) is 6.42 Å². The van der Waals surface area contributed by atoms with Crippen molar-refractivity contribution in [1.29, 1.82) is 0 Å². The molecular formula is C11H12N2. The van der Waals surface area contributed by atoms with E-state index in [9.17, 15) is 0 Å². The summed E-state index contributed by atoms with van der Waals surface area (Å²) in [5.41, 5.74) is 3.51. The van der Waals surface area contributed by atoms with Gasteiger partial charge in [-0.05, 0) is 24.1 Å². The van der Waals surface area contributed by atoms with E-state index in [0.717, 1.165) is 11.9 Å². The molecule has 2 heteroatoms. The Labute approximate surface area is 77.5 Å². The van der Waals surface area contributed by atoms with Gasteiger partial charge in [-0.2, -0.15) is 0 Å². The zero-order chi connectivity index (χ0) is 9.26. The number of imidazole rings is 1. The maximum Gasteiger partial charge on any atom is 0.0955 e. The third kappa shape index (κ3) is 1.35. The van der Waals surface area contributed by atoms with Gasteiger partial charge in [-0.25, -0.2) is 4.98 Å². The van der Waals surface area contributed by atoms with Gasteiger partial charge in [0.2, 0.25) is 0 Å². The predicted octanol–water partition coefficient (Wildman–Crippen LogP) is 2.30. The van der Waals surface area contributed by atoms with Crippen LogP contribution < -0.4 is 0 Å². The topological polar surface area (TPSA) is 17.8 Å². The first-order chi connectivity index (χ1) is 6.31. The van der Waals surface area contributed by atoms with Crippen LogP contribution in [-0.2, 0) is 13.5 Å². The van der Waals surface area contributed by atoms with Crippen LogP contribution in [0.2, 0.25) is 0 Å². The maximum absolute atomic E-state index is 4.26. The van der Waals surface area contributed by atoms with Gasteiger partial charge >= 0.3 is 0 Å². The third-order valence-corrected chi connectivity index (χ3v) is 2.17. The standard InChI is InChI=1S/C11H12N2/c1-3-4-9-5-6-10-11(7-9)13(2)8-12-10/h3,5-8H,1,4H2,2H3. The highest BCUT2D eigenvalue weighted by molar-refractivity contribution is 5.75. The molecule has 0 bridgehead atoms. The minimum Gasteiger partial charge on any atom is -0.334 e. The van der Waals surface area contributed by atoms with Crippen molar-refractivity contribution in [3.8, 4) is 0 Å². The van der Waals surface area contributed by atoms with E-state index >= 15 is 0 Å². The number of hydrogen-bond acceptors (Lipinski definition) is 1. The first kappa shape index (κ1) is 8.05. The molecule has 0 radical (unpaired) electrons. The van der Waals surface area contributed by atoms with E-state index in [-0.39, 0.29) is 0 Å². The molecule has 1 aromatic carbocycles. The number of rotatable bonds is 2. The normalized spacial score (nSPS) is 10.5. The quantitative estimate of drug-likeness (QED) is 0.635. The first-order valence-corrected chi connectivity index (χ1v) is 4.32. The average molecular weight is 172 g/mol. The molecular weight excluding hydrogens is 160 g/mol. The van der Waals surface area contributed by atoms with Gasteiger partial charge in [0.15, 0.2) is 0 Å². The highest BCUT2D eigenvalue weighted by atomic mass is 15.0. The molecule has 0 aliphatic carbocycles. The Balaban J connectivity index is 2.58. The lowest BCUT2D eigenvalue weighted by Gasteiger charge is -1.98. The van der Waals surface area contributed by atoms with Crippen molar-refractivity contribution in [3.63, 3.8) is 0 Å². The fraction of sp³-hybridized carbons (Fsp3) is 0.182. The molecule has 0 saturated carbocycles. The molecule has 0 fully saturated rings. The minimum absolute atomic E-state index is 0.918. The van der Waals surface area contributed by atoms with Crippen LogP contribution in [-0.4, -0.2) is 9.55 Å². The van der Waals surface area contributed by atoms with E-state index in [1.165, 1.54) is 11.1 Å². The summed E-state index contributed by atoms with van der Waals surface area (Å²) < 4.78 is 2.03. The largest absolute Gasteiger partial charge is 0.334 e. The van der Waals surface area contributed by atoms with Gasteiger partial charge in [0.05, 0.1) is 17.4 Å². The molecule has 2 rings (SSSR count). The van der Waals surface area contributed by atoms with Gasteiger partial charge < -0.3 is 4.57 Å². The summed E-state index contributed by atoms with van der Waals surface area (Å²) >= 11 is 0. The van der Waals surface area contributed by atoms with Gasteiger partial charge in [0.25, 0.3) is 0 Å². The summed E-state index contributed by atoms with van der Waals surface area (Å²) in [6.45, 7) is 3.72. The molecule has 1 heterocycles. The van der Waals surface area contributed by atoms with Crippen molar-refractivity contribution in [3.05, 3.63) is 42.7 Å². The number of fused-ring (bicyclic) bond motifs is 1. The molecule has 0 aliphatic heterocycles. The lowest BCUT2D eigenvalue weighted by atomic mass is 10.1. The lowest BCUT2D eigenvalue weighted by molar-refractivity contribution is 0.946. The van der Waals surface area contributed by atoms with E-state index in [0.29, 0.717) is 0 Å². The van der Waals surface area contributed by atoms with E-state index in [2.05, 4.69) is 23.7 Å². The molecule has 0 N–H and O–H groups in total. The molecule has 2 nitrogen and oxygen atoms in total. The summed E-state index contributed by atoms with van der Waals surface area (Å²) in [7, 11) is 2.01. The first-order valence-electron chi connectivity index (χ1n) is 4.32. The van der Waals surface area contributed by atoms with E-state index in [4.69, 9.17) is 0 Å². The summed E-state index contributed by atoms with van der Waals surface area (Å²) in [5, 5.41) is 0. The second-order valence-electron chi connectivity index (χ2n) is 3.17. The SMILES string of the molecule is C=CCc1ccc2ncn(C)c2c1. The van der Waals surface area contributed by atoms with Crippen molar-refractivity contribution < 1.29 is 0 Å². The molecule has 0 unspecified atom stereocenters. The van der Waals surface area contributed by atoms with E-state index in [1.807, 2.05) is 30.1 Å². The second kappa shape index (κ2) is 3.05. The van der Waals surface area contributed by atoms with Crippen LogP contribution in [0, 0.1) is 0 Å². The van der Waals surface area contributed by atoms with Crippen LogP contribution >= 0.6 is 0 Å². The zero-order valence-electron chi connectivity index (χ0n) is 7.70. The molecule has 0 aliphatic rings. The predicted molar refractivity (Wildman–Crippen MR) is 54.6 cm³/mol. The lowest BCUT2D eigenvalue weighted by Crippen LogP contribution is -1.86. The van der Waals surface area contributed by atoms with Crippen molar-refractivity contribution in [2.75, 3.05) is 0 Å². The van der Waals surface area contributed by atoms with Crippen LogP contribution in [0.15, 0.2) is 37.2 Å². The molecule has 0 atom stereocenters. The summed E-state index contributed by atoms with van der Waals surface area (Å²) in [4.78, 5) is 4.26. The molecule has 1 aromatic heterocycles. The van der Waals surface area contributed by atoms with Crippen LogP contribution in [0.3, 0.4) is 0 Å². The van der Waals surface area contributed by atoms with Crippen molar-refractivity contribution in [1.82, 2.24) is 9.55 Å². The van der Waals surface area contributed by atoms with Crippen molar-refractivity contribution >= 4 is 11.0 Å². The highest BCUT2D eigenvalue weighted by Gasteiger charge is 1.99. The second-order valence-corrected chi connectivity index (χ2v) is 3.17. The van der Waals surface area contributed by atoms with Crippen LogP contribution in [0.25, 0.3) is 11.0 Å². The number of aromatic nitrogens is 2. The maximum atomic E-state index is 4.26. The monoisotopic (exact) mass is 172 g/mol. The zero-order valence-corrected chi connectivity index (χ0v) is 7.70. The van der Waals surface area contributed by atoms with Crippen LogP contribution in [0.5, 0.6) is 0 Å². The Morgan fingerprint density at radius 3 is 3.15 bits per heavy atom. The van der Waals surface area contributed by atoms with Gasteiger partial charge in [-0.1, -0.05) is 12.1 Å². The molecule has 66 valence electrons. The summed E-state index contributed by atoms with van der Waals surface area (Å²) in [6, 6.07) is 6.30. The molecule has 0 saturated heterocycles. The molecule has 13 heavy (non-hydrogen) atoms. The Kier molecular flexibility index (Phi) is 1.89. The third-order valence-electron chi connectivity index (χ3n) is 2.17. The van der Waals surface area contributed by atoms with Crippen LogP contribution in [0.1, 0.15) is 5.56 Å². The Morgan fingerprint density at radius 2 is 2.38 bits per heavy atom. The van der Waals surface area contributed by atoms with Gasteiger partial charge in [0.1, 0.15) is 0 Å². The van der Waals surface area contributed by atoms with E-state index < -0.39 is 0 Å². The summed E-state index contributed by atoms with van der Waals surface area (Å²) in [5.74, 6) is 0. The van der Waals surface area contributed by atoms with Crippen LogP contribution in [0.4, 0.5) is 0 Å². The molecule has 2 aromatic rings. The Hall–Kier alpha value is -1.57. The molecule has 0 spiro atoms. The fourth-order valence-corrected chi connectivity index (χ4v) is 1.47. The minimum atomic E-state index is 0.918. The highest BCUT2D eigenvalue weighted by Crippen LogP contribution is 2.14. The number of nitrogens with zero attached hydrogens (tertiary/aromatic N) is 2.